The monoisotopic (exact) mass is 371 g/mol. The molecule has 0 bridgehead atoms. The standard InChI is InChI=1S/C18H18FN5OS/c1-25-17-6-4-14(9-20-17)22-18(26-2)23-10-15(11-23)24-16-5-3-13(19)7-12(16)8-21-24/h3-9,15H,10-11H2,1-2H3. The summed E-state index contributed by atoms with van der Waals surface area (Å²) in [5, 5.41) is 6.20. The molecular formula is C18H18FN5OS. The van der Waals surface area contributed by atoms with Gasteiger partial charge in [-0.05, 0) is 30.5 Å². The summed E-state index contributed by atoms with van der Waals surface area (Å²) >= 11 is 1.60. The van der Waals surface area contributed by atoms with Gasteiger partial charge in [0.2, 0.25) is 5.88 Å². The van der Waals surface area contributed by atoms with Crippen LogP contribution in [0.1, 0.15) is 6.04 Å². The van der Waals surface area contributed by atoms with E-state index in [0.29, 0.717) is 5.88 Å². The van der Waals surface area contributed by atoms with Crippen molar-refractivity contribution >= 4 is 33.5 Å². The van der Waals surface area contributed by atoms with E-state index in [4.69, 9.17) is 4.74 Å². The van der Waals surface area contributed by atoms with Crippen LogP contribution in [0.25, 0.3) is 10.9 Å². The fraction of sp³-hybridized carbons (Fsp3) is 0.278. The van der Waals surface area contributed by atoms with E-state index in [9.17, 15) is 4.39 Å². The number of ether oxygens (including phenoxy) is 1. The Balaban J connectivity index is 1.48. The van der Waals surface area contributed by atoms with Crippen molar-refractivity contribution in [3.8, 4) is 5.88 Å². The van der Waals surface area contributed by atoms with Crippen molar-refractivity contribution < 1.29 is 9.13 Å². The Hall–Kier alpha value is -2.61. The van der Waals surface area contributed by atoms with Crippen LogP contribution in [0.2, 0.25) is 0 Å². The van der Waals surface area contributed by atoms with Crippen molar-refractivity contribution in [2.45, 2.75) is 6.04 Å². The first-order chi connectivity index (χ1) is 12.7. The van der Waals surface area contributed by atoms with Gasteiger partial charge in [-0.2, -0.15) is 5.10 Å². The number of likely N-dealkylation sites (tertiary alicyclic amines) is 1. The van der Waals surface area contributed by atoms with Crippen LogP contribution in [-0.2, 0) is 0 Å². The maximum Gasteiger partial charge on any atom is 0.213 e. The van der Waals surface area contributed by atoms with Crippen molar-refractivity contribution in [3.63, 3.8) is 0 Å². The molecule has 26 heavy (non-hydrogen) atoms. The molecule has 1 aliphatic heterocycles. The van der Waals surface area contributed by atoms with Gasteiger partial charge in [0.25, 0.3) is 0 Å². The van der Waals surface area contributed by atoms with Gasteiger partial charge < -0.3 is 9.64 Å². The number of methoxy groups -OCH3 is 1. The average Bonchev–Trinajstić information content (AvgIpc) is 3.03. The minimum absolute atomic E-state index is 0.239. The predicted molar refractivity (Wildman–Crippen MR) is 102 cm³/mol. The Labute approximate surface area is 154 Å². The molecule has 0 spiro atoms. The molecule has 1 saturated heterocycles. The zero-order valence-corrected chi connectivity index (χ0v) is 15.3. The summed E-state index contributed by atoms with van der Waals surface area (Å²) in [4.78, 5) is 11.1. The van der Waals surface area contributed by atoms with E-state index < -0.39 is 0 Å². The van der Waals surface area contributed by atoms with Gasteiger partial charge in [0.1, 0.15) is 5.82 Å². The van der Waals surface area contributed by atoms with Crippen LogP contribution in [-0.4, -0.2) is 51.3 Å². The molecule has 0 N–H and O–H groups in total. The van der Waals surface area contributed by atoms with Gasteiger partial charge in [-0.3, -0.25) is 4.68 Å². The van der Waals surface area contributed by atoms with Crippen molar-refractivity contribution in [2.24, 2.45) is 4.99 Å². The van der Waals surface area contributed by atoms with Gasteiger partial charge in [0.15, 0.2) is 5.17 Å². The van der Waals surface area contributed by atoms with Crippen LogP contribution in [0, 0.1) is 5.82 Å². The summed E-state index contributed by atoms with van der Waals surface area (Å²) in [7, 11) is 1.59. The molecule has 2 aromatic heterocycles. The number of aromatic nitrogens is 3. The molecule has 0 atom stereocenters. The summed E-state index contributed by atoms with van der Waals surface area (Å²) in [6.07, 6.45) is 5.42. The molecule has 1 aliphatic rings. The van der Waals surface area contributed by atoms with Crippen molar-refractivity contribution in [2.75, 3.05) is 26.5 Å². The number of hydrogen-bond acceptors (Lipinski definition) is 5. The number of benzene rings is 1. The third-order valence-corrected chi connectivity index (χ3v) is 5.09. The summed E-state index contributed by atoms with van der Waals surface area (Å²) in [5.41, 5.74) is 1.75. The molecule has 1 aromatic carbocycles. The van der Waals surface area contributed by atoms with Gasteiger partial charge in [-0.15, -0.1) is 0 Å². The van der Waals surface area contributed by atoms with Crippen molar-refractivity contribution in [1.29, 1.82) is 0 Å². The van der Waals surface area contributed by atoms with Gasteiger partial charge in [0, 0.05) is 24.5 Å². The number of rotatable bonds is 3. The van der Waals surface area contributed by atoms with Crippen molar-refractivity contribution in [3.05, 3.63) is 48.5 Å². The first-order valence-electron chi connectivity index (χ1n) is 8.18. The van der Waals surface area contributed by atoms with Gasteiger partial charge in [0.05, 0.1) is 36.7 Å². The van der Waals surface area contributed by atoms with E-state index in [1.165, 1.54) is 12.1 Å². The van der Waals surface area contributed by atoms with Gasteiger partial charge in [-0.1, -0.05) is 11.8 Å². The first kappa shape index (κ1) is 16.8. The Morgan fingerprint density at radius 3 is 2.81 bits per heavy atom. The number of halogens is 1. The second-order valence-corrected chi connectivity index (χ2v) is 6.78. The van der Waals surface area contributed by atoms with E-state index in [1.54, 1.807) is 43.4 Å². The molecule has 134 valence electrons. The Kier molecular flexibility index (Phi) is 4.50. The van der Waals surface area contributed by atoms with Crippen LogP contribution < -0.4 is 4.74 Å². The summed E-state index contributed by atoms with van der Waals surface area (Å²) < 4.78 is 20.4. The third-order valence-electron chi connectivity index (χ3n) is 4.37. The molecule has 0 amide bonds. The summed E-state index contributed by atoms with van der Waals surface area (Å²) in [5.74, 6) is 0.331. The normalized spacial score (nSPS) is 15.3. The number of fused-ring (bicyclic) bond motifs is 1. The SMILES string of the molecule is COc1ccc(N=C(SC)N2CC(n3ncc4cc(F)ccc43)C2)cn1. The number of amidine groups is 1. The van der Waals surface area contributed by atoms with Gasteiger partial charge >= 0.3 is 0 Å². The maximum atomic E-state index is 13.3. The third kappa shape index (κ3) is 3.12. The molecule has 0 unspecified atom stereocenters. The number of pyridine rings is 1. The van der Waals surface area contributed by atoms with Crippen LogP contribution in [0.3, 0.4) is 0 Å². The van der Waals surface area contributed by atoms with Crippen LogP contribution >= 0.6 is 11.8 Å². The average molecular weight is 371 g/mol. The lowest BCUT2D eigenvalue weighted by Gasteiger charge is -2.41. The number of nitrogens with zero attached hydrogens (tertiary/aromatic N) is 5. The minimum atomic E-state index is -0.239. The second-order valence-electron chi connectivity index (χ2n) is 6.01. The largest absolute Gasteiger partial charge is 0.481 e. The quantitative estimate of drug-likeness (QED) is 0.521. The lowest BCUT2D eigenvalue weighted by atomic mass is 10.1. The zero-order chi connectivity index (χ0) is 18.1. The van der Waals surface area contributed by atoms with Crippen molar-refractivity contribution in [1.82, 2.24) is 19.7 Å². The minimum Gasteiger partial charge on any atom is -0.481 e. The zero-order valence-electron chi connectivity index (χ0n) is 14.5. The fourth-order valence-electron chi connectivity index (χ4n) is 3.00. The van der Waals surface area contributed by atoms with E-state index >= 15 is 0 Å². The maximum absolute atomic E-state index is 13.3. The molecule has 8 heteroatoms. The molecule has 0 radical (unpaired) electrons. The predicted octanol–water partition coefficient (Wildman–Crippen LogP) is 3.49. The molecule has 1 fully saturated rings. The van der Waals surface area contributed by atoms with E-state index in [-0.39, 0.29) is 11.9 Å². The molecule has 0 aliphatic carbocycles. The molecule has 3 heterocycles. The highest BCUT2D eigenvalue weighted by molar-refractivity contribution is 8.13. The van der Waals surface area contributed by atoms with Crippen LogP contribution in [0.5, 0.6) is 5.88 Å². The summed E-state index contributed by atoms with van der Waals surface area (Å²) in [6, 6.07) is 8.71. The number of hydrogen-bond donors (Lipinski definition) is 0. The Morgan fingerprint density at radius 1 is 1.27 bits per heavy atom. The van der Waals surface area contributed by atoms with E-state index in [0.717, 1.165) is 34.8 Å². The number of aliphatic imine (C=N–C) groups is 1. The second kappa shape index (κ2) is 6.95. The highest BCUT2D eigenvalue weighted by Gasteiger charge is 2.32. The highest BCUT2D eigenvalue weighted by atomic mass is 32.2. The molecule has 3 aromatic rings. The van der Waals surface area contributed by atoms with E-state index in [1.807, 2.05) is 17.0 Å². The van der Waals surface area contributed by atoms with Gasteiger partial charge in [-0.25, -0.2) is 14.4 Å². The molecule has 0 saturated carbocycles. The lowest BCUT2D eigenvalue weighted by molar-refractivity contribution is 0.188. The van der Waals surface area contributed by atoms with Crippen LogP contribution in [0.4, 0.5) is 10.1 Å². The fourth-order valence-corrected chi connectivity index (χ4v) is 3.60. The molecular weight excluding hydrogens is 353 g/mol. The lowest BCUT2D eigenvalue weighted by Crippen LogP contribution is -2.50. The smallest absolute Gasteiger partial charge is 0.213 e. The first-order valence-corrected chi connectivity index (χ1v) is 9.41. The highest BCUT2D eigenvalue weighted by Crippen LogP contribution is 2.29. The molecule has 6 nitrogen and oxygen atoms in total. The Morgan fingerprint density at radius 2 is 2.12 bits per heavy atom. The summed E-state index contributed by atoms with van der Waals surface area (Å²) in [6.45, 7) is 1.63. The Bertz CT molecular complexity index is 950. The number of thioether (sulfide) groups is 1. The van der Waals surface area contributed by atoms with E-state index in [2.05, 4.69) is 20.0 Å². The van der Waals surface area contributed by atoms with Crippen LogP contribution in [0.15, 0.2) is 47.7 Å². The topological polar surface area (TPSA) is 55.5 Å². The molecule has 4 rings (SSSR count).